The molecule has 3 N–H and O–H groups in total. The van der Waals surface area contributed by atoms with Crippen LogP contribution in [0, 0.1) is 11.8 Å². The summed E-state index contributed by atoms with van der Waals surface area (Å²) < 4.78 is 5.54. The zero-order valence-corrected chi connectivity index (χ0v) is 19.1. The molecule has 1 saturated heterocycles. The van der Waals surface area contributed by atoms with Gasteiger partial charge in [0.05, 0.1) is 6.42 Å². The van der Waals surface area contributed by atoms with Gasteiger partial charge in [-0.25, -0.2) is 4.79 Å². The van der Waals surface area contributed by atoms with Gasteiger partial charge in [0, 0.05) is 31.5 Å². The molecule has 3 amide bonds. The molecule has 3 atom stereocenters. The van der Waals surface area contributed by atoms with Crippen molar-refractivity contribution in [2.75, 3.05) is 26.2 Å². The number of piperazine rings is 1. The SMILES string of the molecule is O=C(O)CC1C(=O)NCCN1C(=O)C1CC1CNC(=O)OCC1c2ccccc2-c2ccccc21. The Morgan fingerprint density at radius 1 is 1.06 bits per heavy atom. The summed E-state index contributed by atoms with van der Waals surface area (Å²) >= 11 is 0. The van der Waals surface area contributed by atoms with Crippen molar-refractivity contribution < 1.29 is 29.0 Å². The second-order valence-electron chi connectivity index (χ2n) is 9.25. The molecule has 2 fully saturated rings. The highest BCUT2D eigenvalue weighted by molar-refractivity contribution is 5.93. The smallest absolute Gasteiger partial charge is 0.407 e. The summed E-state index contributed by atoms with van der Waals surface area (Å²) in [5.41, 5.74) is 4.58. The normalized spacial score (nSPS) is 22.6. The number of nitrogens with zero attached hydrogens (tertiary/aromatic N) is 1. The van der Waals surface area contributed by atoms with Gasteiger partial charge >= 0.3 is 12.1 Å². The second-order valence-corrected chi connectivity index (χ2v) is 9.25. The van der Waals surface area contributed by atoms with E-state index in [0.29, 0.717) is 13.0 Å². The van der Waals surface area contributed by atoms with Crippen LogP contribution in [-0.4, -0.2) is 66.2 Å². The number of nitrogens with one attached hydrogen (secondary N) is 2. The van der Waals surface area contributed by atoms with Crippen molar-refractivity contribution >= 4 is 23.9 Å². The van der Waals surface area contributed by atoms with Crippen LogP contribution in [0.1, 0.15) is 29.9 Å². The van der Waals surface area contributed by atoms with E-state index in [0.717, 1.165) is 22.3 Å². The Balaban J connectivity index is 1.12. The van der Waals surface area contributed by atoms with Crippen LogP contribution in [0.3, 0.4) is 0 Å². The third-order valence-electron chi connectivity index (χ3n) is 7.07. The quantitative estimate of drug-likeness (QED) is 0.560. The fourth-order valence-corrected chi connectivity index (χ4v) is 5.20. The van der Waals surface area contributed by atoms with Gasteiger partial charge < -0.3 is 25.4 Å². The van der Waals surface area contributed by atoms with E-state index >= 15 is 0 Å². The first-order valence-electron chi connectivity index (χ1n) is 11.8. The molecule has 5 rings (SSSR count). The topological polar surface area (TPSA) is 125 Å². The largest absolute Gasteiger partial charge is 0.481 e. The van der Waals surface area contributed by atoms with Crippen LogP contribution >= 0.6 is 0 Å². The van der Waals surface area contributed by atoms with Gasteiger partial charge in [-0.2, -0.15) is 0 Å². The number of rotatable bonds is 7. The van der Waals surface area contributed by atoms with Crippen LogP contribution in [0.15, 0.2) is 48.5 Å². The maximum absolute atomic E-state index is 12.9. The molecule has 2 aromatic rings. The van der Waals surface area contributed by atoms with Gasteiger partial charge in [0.15, 0.2) is 0 Å². The van der Waals surface area contributed by atoms with E-state index in [4.69, 9.17) is 9.84 Å². The number of carboxylic acid groups (broad SMARTS) is 1. The van der Waals surface area contributed by atoms with Crippen molar-refractivity contribution in [1.29, 1.82) is 0 Å². The lowest BCUT2D eigenvalue weighted by molar-refractivity contribution is -0.149. The molecule has 1 saturated carbocycles. The summed E-state index contributed by atoms with van der Waals surface area (Å²) in [7, 11) is 0. The molecule has 1 aliphatic heterocycles. The molecule has 0 radical (unpaired) electrons. The molecule has 0 spiro atoms. The molecular formula is C26H27N3O6. The minimum atomic E-state index is -1.13. The molecule has 9 heteroatoms. The number of amides is 3. The Morgan fingerprint density at radius 2 is 1.71 bits per heavy atom. The van der Waals surface area contributed by atoms with Crippen LogP contribution in [0.2, 0.25) is 0 Å². The number of carbonyl (C=O) groups excluding carboxylic acids is 3. The monoisotopic (exact) mass is 477 g/mol. The van der Waals surface area contributed by atoms with Crippen molar-refractivity contribution in [3.05, 3.63) is 59.7 Å². The first-order valence-corrected chi connectivity index (χ1v) is 11.8. The average molecular weight is 478 g/mol. The van der Waals surface area contributed by atoms with Crippen molar-refractivity contribution in [2.45, 2.75) is 24.8 Å². The summed E-state index contributed by atoms with van der Waals surface area (Å²) in [6.07, 6.45) is -0.376. The lowest BCUT2D eigenvalue weighted by Gasteiger charge is -2.34. The maximum atomic E-state index is 12.9. The maximum Gasteiger partial charge on any atom is 0.407 e. The summed E-state index contributed by atoms with van der Waals surface area (Å²) in [6.45, 7) is 1.09. The molecule has 9 nitrogen and oxygen atoms in total. The highest BCUT2D eigenvalue weighted by Crippen LogP contribution is 2.44. The molecule has 3 unspecified atom stereocenters. The Kier molecular flexibility index (Phi) is 6.15. The van der Waals surface area contributed by atoms with Crippen LogP contribution < -0.4 is 10.6 Å². The number of hydrogen-bond acceptors (Lipinski definition) is 5. The first kappa shape index (κ1) is 22.9. The Hall–Kier alpha value is -3.88. The van der Waals surface area contributed by atoms with E-state index in [1.807, 2.05) is 24.3 Å². The van der Waals surface area contributed by atoms with Gasteiger partial charge in [0.1, 0.15) is 12.6 Å². The van der Waals surface area contributed by atoms with Gasteiger partial charge in [0.2, 0.25) is 11.8 Å². The lowest BCUT2D eigenvalue weighted by atomic mass is 9.98. The number of ether oxygens (including phenoxy) is 1. The summed E-state index contributed by atoms with van der Waals surface area (Å²) in [6, 6.07) is 15.2. The van der Waals surface area contributed by atoms with Crippen molar-refractivity contribution in [3.63, 3.8) is 0 Å². The van der Waals surface area contributed by atoms with E-state index in [1.165, 1.54) is 4.90 Å². The third kappa shape index (κ3) is 4.58. The van der Waals surface area contributed by atoms with E-state index in [-0.39, 0.29) is 43.4 Å². The summed E-state index contributed by atoms with van der Waals surface area (Å²) in [5, 5.41) is 14.5. The number of hydrogen-bond donors (Lipinski definition) is 3. The molecule has 3 aliphatic rings. The van der Waals surface area contributed by atoms with E-state index in [1.54, 1.807) is 0 Å². The summed E-state index contributed by atoms with van der Waals surface area (Å²) in [5.74, 6) is -2.22. The molecule has 0 aromatic heterocycles. The predicted molar refractivity (Wildman–Crippen MR) is 125 cm³/mol. The molecular weight excluding hydrogens is 450 g/mol. The van der Waals surface area contributed by atoms with Gasteiger partial charge in [-0.05, 0) is 34.6 Å². The fourth-order valence-electron chi connectivity index (χ4n) is 5.20. The lowest BCUT2D eigenvalue weighted by Crippen LogP contribution is -2.58. The number of alkyl carbamates (subject to hydrolysis) is 1. The number of benzene rings is 2. The predicted octanol–water partition coefficient (Wildman–Crippen LogP) is 1.96. The Bertz CT molecular complexity index is 1140. The van der Waals surface area contributed by atoms with Crippen LogP contribution in [0.5, 0.6) is 0 Å². The van der Waals surface area contributed by atoms with Crippen LogP contribution in [-0.2, 0) is 19.1 Å². The molecule has 1 heterocycles. The average Bonchev–Trinajstić information content (AvgIpc) is 3.57. The van der Waals surface area contributed by atoms with E-state index in [9.17, 15) is 19.2 Å². The highest BCUT2D eigenvalue weighted by atomic mass is 16.5. The second kappa shape index (κ2) is 9.40. The molecule has 0 bridgehead atoms. The number of aliphatic carboxylic acids is 1. The van der Waals surface area contributed by atoms with Crippen molar-refractivity contribution in [2.24, 2.45) is 11.8 Å². The van der Waals surface area contributed by atoms with Crippen molar-refractivity contribution in [3.8, 4) is 11.1 Å². The Labute approximate surface area is 202 Å². The minimum absolute atomic E-state index is 0.0279. The number of carbonyl (C=O) groups is 4. The standard InChI is InChI=1S/C26H27N3O6/c30-23(31)12-22-24(32)27-9-10-29(22)25(33)20-11-15(20)13-28-26(34)35-14-21-18-7-3-1-5-16(18)17-6-2-4-8-19(17)21/h1-8,15,20-22H,9-14H2,(H,27,32)(H,28,34)(H,30,31). The Morgan fingerprint density at radius 3 is 2.37 bits per heavy atom. The molecule has 182 valence electrons. The van der Waals surface area contributed by atoms with Crippen molar-refractivity contribution in [1.82, 2.24) is 15.5 Å². The minimum Gasteiger partial charge on any atom is -0.481 e. The number of fused-ring (bicyclic) bond motifs is 3. The fraction of sp³-hybridized carbons (Fsp3) is 0.385. The van der Waals surface area contributed by atoms with E-state index < -0.39 is 30.4 Å². The molecule has 2 aromatic carbocycles. The zero-order chi connectivity index (χ0) is 24.5. The zero-order valence-electron chi connectivity index (χ0n) is 19.1. The number of carboxylic acids is 1. The van der Waals surface area contributed by atoms with E-state index in [2.05, 4.69) is 34.9 Å². The van der Waals surface area contributed by atoms with Gasteiger partial charge in [-0.15, -0.1) is 0 Å². The third-order valence-corrected chi connectivity index (χ3v) is 7.07. The molecule has 2 aliphatic carbocycles. The van der Waals surface area contributed by atoms with Gasteiger partial charge in [0.25, 0.3) is 0 Å². The first-order chi connectivity index (χ1) is 16.9. The highest BCUT2D eigenvalue weighted by Gasteiger charge is 2.48. The van der Waals surface area contributed by atoms with Gasteiger partial charge in [-0.1, -0.05) is 48.5 Å². The van der Waals surface area contributed by atoms with Crippen LogP contribution in [0.25, 0.3) is 11.1 Å². The summed E-state index contributed by atoms with van der Waals surface area (Å²) in [4.78, 5) is 49.9. The van der Waals surface area contributed by atoms with Crippen LogP contribution in [0.4, 0.5) is 4.79 Å². The van der Waals surface area contributed by atoms with Gasteiger partial charge in [-0.3, -0.25) is 14.4 Å². The molecule has 35 heavy (non-hydrogen) atoms.